The summed E-state index contributed by atoms with van der Waals surface area (Å²) in [5.41, 5.74) is -1.43. The van der Waals surface area contributed by atoms with Crippen LogP contribution in [-0.4, -0.2) is 12.1 Å². The average Bonchev–Trinajstić information content (AvgIpc) is 2.05. The summed E-state index contributed by atoms with van der Waals surface area (Å²) >= 11 is 0. The van der Waals surface area contributed by atoms with Crippen molar-refractivity contribution in [1.29, 1.82) is 0 Å². The van der Waals surface area contributed by atoms with Gasteiger partial charge in [-0.15, -0.1) is 0 Å². The van der Waals surface area contributed by atoms with Gasteiger partial charge in [0.05, 0.1) is 0 Å². The number of halogens is 3. The second kappa shape index (κ2) is 3.46. The molecule has 0 N–H and O–H groups in total. The zero-order valence-corrected chi connectivity index (χ0v) is 6.43. The molecule has 0 amide bonds. The molecule has 68 valence electrons. The van der Waals surface area contributed by atoms with Crippen LogP contribution in [-0.2, 0) is 4.79 Å². The first-order valence-corrected chi connectivity index (χ1v) is 3.43. The Balaban J connectivity index is 3.15. The predicted molar refractivity (Wildman–Crippen MR) is 41.6 cm³/mol. The van der Waals surface area contributed by atoms with E-state index < -0.39 is 11.7 Å². The molecule has 0 atom stereocenters. The second-order valence-electron chi connectivity index (χ2n) is 2.34. The van der Waals surface area contributed by atoms with E-state index in [1.54, 1.807) is 6.07 Å². The zero-order valence-electron chi connectivity index (χ0n) is 6.43. The van der Waals surface area contributed by atoms with Crippen LogP contribution < -0.4 is 0 Å². The van der Waals surface area contributed by atoms with Crippen LogP contribution in [0.3, 0.4) is 0 Å². The van der Waals surface area contributed by atoms with E-state index >= 15 is 0 Å². The maximum absolute atomic E-state index is 12.1. The molecular formula is C9H5F3O. The molecule has 0 aliphatic rings. The quantitative estimate of drug-likeness (QED) is 0.615. The minimum atomic E-state index is -4.64. The summed E-state index contributed by atoms with van der Waals surface area (Å²) in [7, 11) is 0. The Kier molecular flexibility index (Phi) is 2.54. The molecule has 0 unspecified atom stereocenters. The molecule has 13 heavy (non-hydrogen) atoms. The Hall–Kier alpha value is -1.54. The van der Waals surface area contributed by atoms with Gasteiger partial charge in [0, 0.05) is 0 Å². The number of allylic oxidation sites excluding steroid dienone is 1. The molecule has 0 heterocycles. The summed E-state index contributed by atoms with van der Waals surface area (Å²) in [6.45, 7) is 0. The fraction of sp³-hybridized carbons (Fsp3) is 0.111. The molecule has 1 aromatic carbocycles. The van der Waals surface area contributed by atoms with E-state index in [2.05, 4.69) is 0 Å². The van der Waals surface area contributed by atoms with Crippen molar-refractivity contribution in [3.63, 3.8) is 0 Å². The molecule has 1 aromatic rings. The Labute approximate surface area is 72.5 Å². The highest BCUT2D eigenvalue weighted by molar-refractivity contribution is 5.90. The summed E-state index contributed by atoms with van der Waals surface area (Å²) in [5.74, 6) is 0.900. The molecule has 0 fully saturated rings. The van der Waals surface area contributed by atoms with Crippen LogP contribution in [0, 0.1) is 0 Å². The maximum Gasteiger partial charge on any atom is 0.427 e. The van der Waals surface area contributed by atoms with Gasteiger partial charge in [0.1, 0.15) is 11.5 Å². The van der Waals surface area contributed by atoms with Crippen molar-refractivity contribution in [3.8, 4) is 0 Å². The van der Waals surface area contributed by atoms with Gasteiger partial charge >= 0.3 is 6.18 Å². The van der Waals surface area contributed by atoms with Crippen molar-refractivity contribution in [1.82, 2.24) is 0 Å². The van der Waals surface area contributed by atoms with Crippen LogP contribution in [0.2, 0.25) is 0 Å². The van der Waals surface area contributed by atoms with Gasteiger partial charge in [0.15, 0.2) is 0 Å². The molecule has 0 saturated carbocycles. The highest BCUT2D eigenvalue weighted by atomic mass is 19.4. The Morgan fingerprint density at radius 1 is 1.15 bits per heavy atom. The monoisotopic (exact) mass is 186 g/mol. The van der Waals surface area contributed by atoms with Gasteiger partial charge in [-0.25, -0.2) is 4.79 Å². The molecule has 0 aliphatic carbocycles. The third kappa shape index (κ3) is 2.20. The third-order valence-corrected chi connectivity index (χ3v) is 1.45. The summed E-state index contributed by atoms with van der Waals surface area (Å²) in [6.07, 6.45) is -4.64. The fourth-order valence-electron chi connectivity index (χ4n) is 0.885. The highest BCUT2D eigenvalue weighted by Crippen LogP contribution is 2.31. The highest BCUT2D eigenvalue weighted by Gasteiger charge is 2.35. The molecule has 0 saturated heterocycles. The van der Waals surface area contributed by atoms with Crippen LogP contribution in [0.1, 0.15) is 5.56 Å². The first kappa shape index (κ1) is 9.55. The van der Waals surface area contributed by atoms with Gasteiger partial charge < -0.3 is 0 Å². The number of hydrogen-bond donors (Lipinski definition) is 0. The van der Waals surface area contributed by atoms with E-state index in [0.717, 1.165) is 5.94 Å². The second-order valence-corrected chi connectivity index (χ2v) is 2.34. The summed E-state index contributed by atoms with van der Waals surface area (Å²) in [4.78, 5) is 10.1. The lowest BCUT2D eigenvalue weighted by Crippen LogP contribution is -2.11. The van der Waals surface area contributed by atoms with E-state index in [0.29, 0.717) is 0 Å². The average molecular weight is 186 g/mol. The number of rotatable bonds is 1. The van der Waals surface area contributed by atoms with E-state index in [9.17, 15) is 18.0 Å². The number of carbonyl (C=O) groups excluding carboxylic acids is 1. The SMILES string of the molecule is O=C=C(c1ccccc1)C(F)(F)F. The zero-order chi connectivity index (χ0) is 9.90. The van der Waals surface area contributed by atoms with Crippen molar-refractivity contribution in [2.45, 2.75) is 6.18 Å². The van der Waals surface area contributed by atoms with Gasteiger partial charge in [-0.05, 0) is 5.56 Å². The van der Waals surface area contributed by atoms with Gasteiger partial charge in [-0.2, -0.15) is 13.2 Å². The summed E-state index contributed by atoms with van der Waals surface area (Å²) in [6, 6.07) is 6.86. The number of hydrogen-bond acceptors (Lipinski definition) is 1. The van der Waals surface area contributed by atoms with E-state index in [-0.39, 0.29) is 5.56 Å². The molecule has 1 nitrogen and oxygen atoms in total. The van der Waals surface area contributed by atoms with Crippen LogP contribution in [0.15, 0.2) is 30.3 Å². The third-order valence-electron chi connectivity index (χ3n) is 1.45. The van der Waals surface area contributed by atoms with Gasteiger partial charge in [-0.3, -0.25) is 0 Å². The Morgan fingerprint density at radius 2 is 1.69 bits per heavy atom. The molecule has 4 heteroatoms. The lowest BCUT2D eigenvalue weighted by molar-refractivity contribution is -0.0680. The number of alkyl halides is 3. The summed E-state index contributed by atoms with van der Waals surface area (Å²) in [5, 5.41) is 0. The minimum absolute atomic E-state index is 0.162. The van der Waals surface area contributed by atoms with Gasteiger partial charge in [-0.1, -0.05) is 30.3 Å². The standard InChI is InChI=1S/C9H5F3O/c10-9(11,12)8(6-13)7-4-2-1-3-5-7/h1-5H. The molecule has 0 spiro atoms. The van der Waals surface area contributed by atoms with E-state index in [1.807, 2.05) is 0 Å². The van der Waals surface area contributed by atoms with Crippen LogP contribution in [0.5, 0.6) is 0 Å². The normalized spacial score (nSPS) is 10.7. The van der Waals surface area contributed by atoms with Crippen molar-refractivity contribution < 1.29 is 18.0 Å². The Morgan fingerprint density at radius 3 is 2.08 bits per heavy atom. The molecule has 0 radical (unpaired) electrons. The minimum Gasteiger partial charge on any atom is -0.233 e. The van der Waals surface area contributed by atoms with Crippen molar-refractivity contribution in [2.75, 3.05) is 0 Å². The molecule has 0 aromatic heterocycles. The van der Waals surface area contributed by atoms with Gasteiger partial charge in [0.2, 0.25) is 0 Å². The topological polar surface area (TPSA) is 17.1 Å². The van der Waals surface area contributed by atoms with Crippen molar-refractivity contribution in [3.05, 3.63) is 35.9 Å². The van der Waals surface area contributed by atoms with Crippen molar-refractivity contribution >= 4 is 11.5 Å². The fourth-order valence-corrected chi connectivity index (χ4v) is 0.885. The first-order chi connectivity index (χ1) is 6.05. The smallest absolute Gasteiger partial charge is 0.233 e. The lowest BCUT2D eigenvalue weighted by Gasteiger charge is -2.06. The molecule has 0 aliphatic heterocycles. The predicted octanol–water partition coefficient (Wildman–Crippen LogP) is 2.46. The maximum atomic E-state index is 12.1. The van der Waals surface area contributed by atoms with Crippen LogP contribution >= 0.6 is 0 Å². The van der Waals surface area contributed by atoms with Crippen LogP contribution in [0.25, 0.3) is 5.57 Å². The lowest BCUT2D eigenvalue weighted by atomic mass is 10.1. The van der Waals surface area contributed by atoms with Gasteiger partial charge in [0.25, 0.3) is 0 Å². The largest absolute Gasteiger partial charge is 0.427 e. The summed E-state index contributed by atoms with van der Waals surface area (Å²) < 4.78 is 36.3. The number of benzene rings is 1. The van der Waals surface area contributed by atoms with E-state index in [1.165, 1.54) is 24.3 Å². The van der Waals surface area contributed by atoms with Crippen molar-refractivity contribution in [2.24, 2.45) is 0 Å². The van der Waals surface area contributed by atoms with E-state index in [4.69, 9.17) is 0 Å². The Bertz CT molecular complexity index is 334. The molecule has 0 bridgehead atoms. The van der Waals surface area contributed by atoms with Crippen LogP contribution in [0.4, 0.5) is 13.2 Å². The first-order valence-electron chi connectivity index (χ1n) is 3.43. The molecular weight excluding hydrogens is 181 g/mol. The molecule has 1 rings (SSSR count).